The second kappa shape index (κ2) is 12.1. The van der Waals surface area contributed by atoms with Crippen molar-refractivity contribution in [3.05, 3.63) is 59.7 Å². The van der Waals surface area contributed by atoms with E-state index < -0.39 is 0 Å². The lowest BCUT2D eigenvalue weighted by atomic mass is 10.2. The van der Waals surface area contributed by atoms with E-state index in [1.54, 1.807) is 12.4 Å². The highest BCUT2D eigenvalue weighted by atomic mass is 16.5. The van der Waals surface area contributed by atoms with E-state index in [0.717, 1.165) is 35.5 Å². The first kappa shape index (κ1) is 21.0. The van der Waals surface area contributed by atoms with Gasteiger partial charge in [-0.3, -0.25) is 0 Å². The van der Waals surface area contributed by atoms with E-state index in [2.05, 4.69) is 34.6 Å². The van der Waals surface area contributed by atoms with Gasteiger partial charge in [-0.15, -0.1) is 5.10 Å². The van der Waals surface area contributed by atoms with Crippen molar-refractivity contribution in [3.8, 4) is 11.5 Å². The summed E-state index contributed by atoms with van der Waals surface area (Å²) in [7, 11) is 0. The Morgan fingerprint density at radius 3 is 1.86 bits per heavy atom. The zero-order valence-corrected chi connectivity index (χ0v) is 16.3. The van der Waals surface area contributed by atoms with Gasteiger partial charge in [0.25, 0.3) is 0 Å². The van der Waals surface area contributed by atoms with Gasteiger partial charge in [0.1, 0.15) is 11.5 Å². The molecule has 0 aliphatic heterocycles. The van der Waals surface area contributed by atoms with Gasteiger partial charge in [0.15, 0.2) is 0 Å². The molecule has 0 aromatic heterocycles. The molecule has 7 nitrogen and oxygen atoms in total. The van der Waals surface area contributed by atoms with E-state index in [-0.39, 0.29) is 5.96 Å². The van der Waals surface area contributed by atoms with Gasteiger partial charge in [-0.1, -0.05) is 13.8 Å². The Labute approximate surface area is 166 Å². The Kier molecular flexibility index (Phi) is 9.06. The van der Waals surface area contributed by atoms with Crippen LogP contribution < -0.4 is 20.6 Å². The summed E-state index contributed by atoms with van der Waals surface area (Å²) in [5, 5.41) is 11.8. The van der Waals surface area contributed by atoms with Crippen LogP contribution in [0.5, 0.6) is 11.5 Å². The maximum Gasteiger partial charge on any atom is 0.234 e. The minimum atomic E-state index is 0.0956. The summed E-state index contributed by atoms with van der Waals surface area (Å²) in [4.78, 5) is 0. The smallest absolute Gasteiger partial charge is 0.234 e. The maximum atomic E-state index is 5.73. The molecule has 0 unspecified atom stereocenters. The monoisotopic (exact) mass is 381 g/mol. The molecule has 0 aliphatic rings. The predicted molar refractivity (Wildman–Crippen MR) is 114 cm³/mol. The summed E-state index contributed by atoms with van der Waals surface area (Å²) >= 11 is 0. The topological polar surface area (TPSA) is 93.6 Å². The molecule has 0 radical (unpaired) electrons. The Balaban J connectivity index is 1.80. The second-order valence-corrected chi connectivity index (χ2v) is 5.93. The molecular formula is C21H27N5O2. The van der Waals surface area contributed by atoms with Crippen molar-refractivity contribution in [3.63, 3.8) is 0 Å². The third kappa shape index (κ3) is 7.90. The Hall–Kier alpha value is -3.35. The summed E-state index contributed by atoms with van der Waals surface area (Å²) < 4.78 is 11.1. The SMILES string of the molecule is CCCOc1ccc(C=NN=C(N)NN=Cc2ccc(OCCC)cc2)cc1. The molecule has 3 N–H and O–H groups in total. The Morgan fingerprint density at radius 1 is 0.857 bits per heavy atom. The summed E-state index contributed by atoms with van der Waals surface area (Å²) in [5.41, 5.74) is 10.2. The Morgan fingerprint density at radius 2 is 1.36 bits per heavy atom. The van der Waals surface area contributed by atoms with Crippen molar-refractivity contribution in [1.82, 2.24) is 5.43 Å². The molecule has 2 aromatic rings. The fourth-order valence-corrected chi connectivity index (χ4v) is 2.09. The molecule has 0 saturated carbocycles. The van der Waals surface area contributed by atoms with Gasteiger partial charge in [-0.05, 0) is 72.5 Å². The molecule has 2 rings (SSSR count). The molecule has 0 amide bonds. The molecule has 148 valence electrons. The first-order valence-electron chi connectivity index (χ1n) is 9.32. The van der Waals surface area contributed by atoms with Crippen LogP contribution in [-0.2, 0) is 0 Å². The predicted octanol–water partition coefficient (Wildman–Crippen LogP) is 3.54. The minimum absolute atomic E-state index is 0.0956. The van der Waals surface area contributed by atoms with Gasteiger partial charge in [0.05, 0.1) is 25.6 Å². The van der Waals surface area contributed by atoms with Crippen LogP contribution in [0.25, 0.3) is 0 Å². The van der Waals surface area contributed by atoms with Crippen LogP contribution in [0.3, 0.4) is 0 Å². The van der Waals surface area contributed by atoms with Gasteiger partial charge < -0.3 is 15.2 Å². The molecule has 28 heavy (non-hydrogen) atoms. The summed E-state index contributed by atoms with van der Waals surface area (Å²) in [6.45, 7) is 5.55. The van der Waals surface area contributed by atoms with Gasteiger partial charge in [0, 0.05) is 0 Å². The number of rotatable bonds is 10. The number of benzene rings is 2. The highest BCUT2D eigenvalue weighted by molar-refractivity contribution is 5.84. The fraction of sp³-hybridized carbons (Fsp3) is 0.286. The third-order valence-electron chi connectivity index (χ3n) is 3.47. The lowest BCUT2D eigenvalue weighted by molar-refractivity contribution is 0.317. The van der Waals surface area contributed by atoms with Gasteiger partial charge in [-0.25, -0.2) is 5.43 Å². The van der Waals surface area contributed by atoms with Crippen LogP contribution >= 0.6 is 0 Å². The van der Waals surface area contributed by atoms with Crippen LogP contribution in [0.2, 0.25) is 0 Å². The molecule has 0 heterocycles. The minimum Gasteiger partial charge on any atom is -0.494 e. The molecule has 0 aliphatic carbocycles. The number of hydrogen-bond acceptors (Lipinski definition) is 5. The molecule has 7 heteroatoms. The largest absolute Gasteiger partial charge is 0.494 e. The normalized spacial score (nSPS) is 11.9. The van der Waals surface area contributed by atoms with Crippen molar-refractivity contribution in [2.45, 2.75) is 26.7 Å². The van der Waals surface area contributed by atoms with Crippen LogP contribution in [0.1, 0.15) is 37.8 Å². The van der Waals surface area contributed by atoms with Crippen molar-refractivity contribution < 1.29 is 9.47 Å². The number of nitrogens with one attached hydrogen (secondary N) is 1. The van der Waals surface area contributed by atoms with Crippen LogP contribution in [0.4, 0.5) is 0 Å². The first-order chi connectivity index (χ1) is 13.7. The number of nitrogens with zero attached hydrogens (tertiary/aromatic N) is 3. The van der Waals surface area contributed by atoms with Crippen molar-refractivity contribution in [2.24, 2.45) is 21.0 Å². The number of hydrogen-bond donors (Lipinski definition) is 2. The lowest BCUT2D eigenvalue weighted by Crippen LogP contribution is -2.26. The Bertz CT molecular complexity index is 783. The van der Waals surface area contributed by atoms with Crippen molar-refractivity contribution in [1.29, 1.82) is 0 Å². The van der Waals surface area contributed by atoms with Crippen LogP contribution in [0.15, 0.2) is 63.8 Å². The first-order valence-corrected chi connectivity index (χ1v) is 9.32. The number of hydrazone groups is 1. The molecule has 0 fully saturated rings. The molecule has 0 atom stereocenters. The average Bonchev–Trinajstić information content (AvgIpc) is 2.72. The zero-order chi connectivity index (χ0) is 20.0. The summed E-state index contributed by atoms with van der Waals surface area (Å²) in [5.74, 6) is 1.77. The fourth-order valence-electron chi connectivity index (χ4n) is 2.09. The zero-order valence-electron chi connectivity index (χ0n) is 16.3. The molecule has 0 spiro atoms. The van der Waals surface area contributed by atoms with Gasteiger partial charge >= 0.3 is 0 Å². The molecule has 0 saturated heterocycles. The van der Waals surface area contributed by atoms with Crippen molar-refractivity contribution in [2.75, 3.05) is 13.2 Å². The molecule has 0 bridgehead atoms. The number of guanidine groups is 1. The van der Waals surface area contributed by atoms with E-state index in [1.165, 1.54) is 0 Å². The molecule has 2 aromatic carbocycles. The summed E-state index contributed by atoms with van der Waals surface area (Å²) in [6, 6.07) is 15.2. The van der Waals surface area contributed by atoms with Crippen LogP contribution in [-0.4, -0.2) is 31.6 Å². The third-order valence-corrected chi connectivity index (χ3v) is 3.47. The van der Waals surface area contributed by atoms with E-state index in [1.807, 2.05) is 48.5 Å². The van der Waals surface area contributed by atoms with E-state index in [4.69, 9.17) is 15.2 Å². The highest BCUT2D eigenvalue weighted by Crippen LogP contribution is 2.12. The lowest BCUT2D eigenvalue weighted by Gasteiger charge is -2.04. The highest BCUT2D eigenvalue weighted by Gasteiger charge is 1.94. The molecular weight excluding hydrogens is 354 g/mol. The summed E-state index contributed by atoms with van der Waals surface area (Å²) in [6.07, 6.45) is 5.21. The average molecular weight is 381 g/mol. The second-order valence-electron chi connectivity index (χ2n) is 5.93. The number of ether oxygens (including phenoxy) is 2. The quantitative estimate of drug-likeness (QED) is 0.374. The van der Waals surface area contributed by atoms with E-state index in [0.29, 0.717) is 13.2 Å². The van der Waals surface area contributed by atoms with Gasteiger partial charge in [-0.2, -0.15) is 10.2 Å². The number of nitrogens with two attached hydrogens (primary N) is 1. The van der Waals surface area contributed by atoms with E-state index in [9.17, 15) is 0 Å². The van der Waals surface area contributed by atoms with Gasteiger partial charge in [0.2, 0.25) is 5.96 Å². The van der Waals surface area contributed by atoms with Crippen LogP contribution in [0, 0.1) is 0 Å². The standard InChI is InChI=1S/C21H27N5O2/c1-3-13-27-19-9-5-17(6-10-19)15-23-25-21(22)26-24-16-18-7-11-20(12-8-18)28-14-4-2/h5-12,15-16H,3-4,13-14H2,1-2H3,(H3,22,25,26). The van der Waals surface area contributed by atoms with Crippen molar-refractivity contribution >= 4 is 18.4 Å². The maximum absolute atomic E-state index is 5.73. The van der Waals surface area contributed by atoms with E-state index >= 15 is 0 Å².